The van der Waals surface area contributed by atoms with Crippen LogP contribution < -0.4 is 11.1 Å². The zero-order valence-corrected chi connectivity index (χ0v) is 8.97. The third-order valence-corrected chi connectivity index (χ3v) is 2.32. The molecular weight excluding hydrogens is 202 g/mol. The van der Waals surface area contributed by atoms with Gasteiger partial charge in [-0.05, 0) is 7.05 Å². The highest BCUT2D eigenvalue weighted by molar-refractivity contribution is 7.15. The molecule has 0 spiro atoms. The van der Waals surface area contributed by atoms with Crippen LogP contribution >= 0.6 is 11.3 Å². The van der Waals surface area contributed by atoms with Crippen molar-refractivity contribution in [2.45, 2.75) is 6.54 Å². The van der Waals surface area contributed by atoms with E-state index in [1.807, 2.05) is 11.9 Å². The maximum absolute atomic E-state index is 11.0. The fraction of sp³-hybridized carbons (Fsp3) is 0.571. The molecule has 0 aromatic carbocycles. The number of aromatic nitrogens is 2. The van der Waals surface area contributed by atoms with Crippen molar-refractivity contribution in [1.82, 2.24) is 20.4 Å². The van der Waals surface area contributed by atoms with E-state index >= 15 is 0 Å². The molecule has 0 saturated carbocycles. The first-order valence-corrected chi connectivity index (χ1v) is 4.90. The largest absolute Gasteiger partial charge is 0.374 e. The molecule has 7 heteroatoms. The predicted octanol–water partition coefficient (Wildman–Crippen LogP) is -0.702. The molecule has 6 nitrogen and oxygen atoms in total. The minimum Gasteiger partial charge on any atom is -0.374 e. The number of nitrogen functional groups attached to an aromatic ring is 1. The Labute approximate surface area is 86.1 Å². The van der Waals surface area contributed by atoms with Crippen LogP contribution in [0.25, 0.3) is 0 Å². The normalized spacial score (nSPS) is 10.5. The molecule has 0 bridgehead atoms. The number of carbonyl (C=O) groups is 1. The summed E-state index contributed by atoms with van der Waals surface area (Å²) in [6, 6.07) is 0. The summed E-state index contributed by atoms with van der Waals surface area (Å²) < 4.78 is 0. The van der Waals surface area contributed by atoms with Gasteiger partial charge in [-0.3, -0.25) is 9.69 Å². The van der Waals surface area contributed by atoms with Crippen molar-refractivity contribution >= 4 is 22.4 Å². The first-order valence-electron chi connectivity index (χ1n) is 4.09. The molecular formula is C7H13N5OS. The van der Waals surface area contributed by atoms with Crippen LogP contribution in [0.4, 0.5) is 5.13 Å². The van der Waals surface area contributed by atoms with E-state index in [1.165, 1.54) is 11.3 Å². The number of amides is 1. The minimum absolute atomic E-state index is 0.0232. The Balaban J connectivity index is 2.41. The first kappa shape index (κ1) is 10.9. The summed E-state index contributed by atoms with van der Waals surface area (Å²) in [5.41, 5.74) is 5.43. The first-order chi connectivity index (χ1) is 6.61. The van der Waals surface area contributed by atoms with Gasteiger partial charge in [0, 0.05) is 7.05 Å². The number of hydrogen-bond donors (Lipinski definition) is 2. The van der Waals surface area contributed by atoms with Gasteiger partial charge in [0.2, 0.25) is 11.0 Å². The zero-order valence-electron chi connectivity index (χ0n) is 8.15. The Bertz CT molecular complexity index is 313. The van der Waals surface area contributed by atoms with E-state index in [0.29, 0.717) is 18.2 Å². The van der Waals surface area contributed by atoms with E-state index in [9.17, 15) is 4.79 Å². The van der Waals surface area contributed by atoms with Crippen LogP contribution in [0.1, 0.15) is 5.01 Å². The SMILES string of the molecule is CNC(=O)CN(C)Cc1nnc(N)s1. The molecule has 0 aliphatic carbocycles. The lowest BCUT2D eigenvalue weighted by atomic mass is 10.5. The Morgan fingerprint density at radius 3 is 2.86 bits per heavy atom. The van der Waals surface area contributed by atoms with Crippen LogP contribution in [-0.4, -0.2) is 41.6 Å². The molecule has 14 heavy (non-hydrogen) atoms. The van der Waals surface area contributed by atoms with Crippen molar-refractivity contribution in [1.29, 1.82) is 0 Å². The predicted molar refractivity (Wildman–Crippen MR) is 54.7 cm³/mol. The molecule has 1 amide bonds. The van der Waals surface area contributed by atoms with Gasteiger partial charge in [-0.2, -0.15) is 0 Å². The van der Waals surface area contributed by atoms with Gasteiger partial charge in [-0.15, -0.1) is 10.2 Å². The Morgan fingerprint density at radius 1 is 1.64 bits per heavy atom. The maximum atomic E-state index is 11.0. The summed E-state index contributed by atoms with van der Waals surface area (Å²) in [5.74, 6) is -0.0232. The van der Waals surface area contributed by atoms with Gasteiger partial charge in [-0.1, -0.05) is 11.3 Å². The number of anilines is 1. The lowest BCUT2D eigenvalue weighted by Crippen LogP contribution is -2.32. The van der Waals surface area contributed by atoms with E-state index in [-0.39, 0.29) is 5.91 Å². The second kappa shape index (κ2) is 4.87. The minimum atomic E-state index is -0.0232. The average molecular weight is 215 g/mol. The summed E-state index contributed by atoms with van der Waals surface area (Å²) in [7, 11) is 3.45. The topological polar surface area (TPSA) is 84.1 Å². The van der Waals surface area contributed by atoms with Crippen molar-refractivity contribution in [2.24, 2.45) is 0 Å². The molecule has 1 aromatic rings. The third kappa shape index (κ3) is 3.27. The number of rotatable bonds is 4. The highest BCUT2D eigenvalue weighted by atomic mass is 32.1. The highest BCUT2D eigenvalue weighted by Gasteiger charge is 2.08. The summed E-state index contributed by atoms with van der Waals surface area (Å²) >= 11 is 1.33. The smallest absolute Gasteiger partial charge is 0.233 e. The van der Waals surface area contributed by atoms with Crippen LogP contribution in [0, 0.1) is 0 Å². The van der Waals surface area contributed by atoms with E-state index in [0.717, 1.165) is 5.01 Å². The fourth-order valence-electron chi connectivity index (χ4n) is 0.941. The van der Waals surface area contributed by atoms with Gasteiger partial charge < -0.3 is 11.1 Å². The summed E-state index contributed by atoms with van der Waals surface area (Å²) in [6.07, 6.45) is 0. The average Bonchev–Trinajstić information content (AvgIpc) is 2.50. The number of carbonyl (C=O) groups excluding carboxylic acids is 1. The Morgan fingerprint density at radius 2 is 2.36 bits per heavy atom. The van der Waals surface area contributed by atoms with E-state index in [4.69, 9.17) is 5.73 Å². The van der Waals surface area contributed by atoms with Crippen LogP contribution in [0.3, 0.4) is 0 Å². The molecule has 0 saturated heterocycles. The van der Waals surface area contributed by atoms with Gasteiger partial charge >= 0.3 is 0 Å². The number of nitrogens with one attached hydrogen (secondary N) is 1. The summed E-state index contributed by atoms with van der Waals surface area (Å²) in [5, 5.41) is 11.4. The Hall–Kier alpha value is -1.21. The molecule has 0 unspecified atom stereocenters. The number of likely N-dealkylation sites (N-methyl/N-ethyl adjacent to an activating group) is 2. The molecule has 1 aromatic heterocycles. The molecule has 0 atom stereocenters. The van der Waals surface area contributed by atoms with E-state index < -0.39 is 0 Å². The van der Waals surface area contributed by atoms with Gasteiger partial charge in [0.25, 0.3) is 0 Å². The van der Waals surface area contributed by atoms with Crippen molar-refractivity contribution in [3.8, 4) is 0 Å². The van der Waals surface area contributed by atoms with Crippen molar-refractivity contribution < 1.29 is 4.79 Å². The number of nitrogens with two attached hydrogens (primary N) is 1. The molecule has 0 aliphatic heterocycles. The molecule has 78 valence electrons. The highest BCUT2D eigenvalue weighted by Crippen LogP contribution is 2.12. The van der Waals surface area contributed by atoms with Crippen LogP contribution in [0.5, 0.6) is 0 Å². The quantitative estimate of drug-likeness (QED) is 0.693. The van der Waals surface area contributed by atoms with Crippen LogP contribution in [-0.2, 0) is 11.3 Å². The van der Waals surface area contributed by atoms with E-state index in [1.54, 1.807) is 7.05 Å². The maximum Gasteiger partial charge on any atom is 0.233 e. The van der Waals surface area contributed by atoms with Gasteiger partial charge in [0.05, 0.1) is 13.1 Å². The van der Waals surface area contributed by atoms with Crippen LogP contribution in [0.15, 0.2) is 0 Å². The monoisotopic (exact) mass is 215 g/mol. The second-order valence-electron chi connectivity index (χ2n) is 2.88. The molecule has 0 radical (unpaired) electrons. The molecule has 3 N–H and O–H groups in total. The van der Waals surface area contributed by atoms with E-state index in [2.05, 4.69) is 15.5 Å². The van der Waals surface area contributed by atoms with Crippen LogP contribution in [0.2, 0.25) is 0 Å². The lowest BCUT2D eigenvalue weighted by molar-refractivity contribution is -0.121. The Kier molecular flexibility index (Phi) is 3.78. The summed E-state index contributed by atoms with van der Waals surface area (Å²) in [6.45, 7) is 0.929. The second-order valence-corrected chi connectivity index (χ2v) is 3.97. The number of nitrogens with zero attached hydrogens (tertiary/aromatic N) is 3. The van der Waals surface area contributed by atoms with Gasteiger partial charge in [0.1, 0.15) is 5.01 Å². The molecule has 1 heterocycles. The molecule has 0 fully saturated rings. The van der Waals surface area contributed by atoms with Crippen molar-refractivity contribution in [2.75, 3.05) is 26.4 Å². The fourth-order valence-corrected chi connectivity index (χ4v) is 1.63. The third-order valence-electron chi connectivity index (χ3n) is 1.58. The zero-order chi connectivity index (χ0) is 10.6. The van der Waals surface area contributed by atoms with Gasteiger partial charge in [0.15, 0.2) is 0 Å². The summed E-state index contributed by atoms with van der Waals surface area (Å²) in [4.78, 5) is 12.9. The van der Waals surface area contributed by atoms with Crippen molar-refractivity contribution in [3.63, 3.8) is 0 Å². The standard InChI is InChI=1S/C7H13N5OS/c1-9-5(13)3-12(2)4-6-10-11-7(8)14-6/h3-4H2,1-2H3,(H2,8,11)(H,9,13). The molecule has 1 rings (SSSR count). The lowest BCUT2D eigenvalue weighted by Gasteiger charge is -2.12. The van der Waals surface area contributed by atoms with Crippen molar-refractivity contribution in [3.05, 3.63) is 5.01 Å². The van der Waals surface area contributed by atoms with Gasteiger partial charge in [-0.25, -0.2) is 0 Å². The number of hydrogen-bond acceptors (Lipinski definition) is 6. The molecule has 0 aliphatic rings.